The minimum Gasteiger partial charge on any atom is -1.00 e. The lowest BCUT2D eigenvalue weighted by Crippen LogP contribution is -3.00. The minimum absolute atomic E-state index is 0. The van der Waals surface area contributed by atoms with Crippen molar-refractivity contribution in [2.45, 2.75) is 0 Å². The van der Waals surface area contributed by atoms with Gasteiger partial charge in [0.2, 0.25) is 0 Å². The highest BCUT2D eigenvalue weighted by molar-refractivity contribution is 6.42. The van der Waals surface area contributed by atoms with Crippen LogP contribution < -0.4 is 28.5 Å². The Hall–Kier alpha value is -0.580. The molecular formula is C14H12Cl2IN. The molecule has 0 radical (unpaired) electrons. The van der Waals surface area contributed by atoms with E-state index in [1.54, 1.807) is 6.07 Å². The van der Waals surface area contributed by atoms with Crippen molar-refractivity contribution in [3.05, 3.63) is 63.9 Å². The van der Waals surface area contributed by atoms with Crippen molar-refractivity contribution in [2.75, 3.05) is 0 Å². The van der Waals surface area contributed by atoms with Crippen LogP contribution in [0, 0.1) is 0 Å². The molecule has 0 aliphatic rings. The van der Waals surface area contributed by atoms with Crippen LogP contribution in [-0.2, 0) is 7.05 Å². The number of nitrogens with zero attached hydrogens (tertiary/aromatic N) is 1. The average molecular weight is 392 g/mol. The molecule has 0 aliphatic heterocycles. The minimum atomic E-state index is 0. The third kappa shape index (κ3) is 4.26. The molecule has 94 valence electrons. The maximum atomic E-state index is 5.95. The summed E-state index contributed by atoms with van der Waals surface area (Å²) in [7, 11) is 1.99. The van der Waals surface area contributed by atoms with Crippen molar-refractivity contribution in [1.29, 1.82) is 0 Å². The first-order chi connectivity index (χ1) is 8.15. The van der Waals surface area contributed by atoms with E-state index in [1.165, 1.54) is 0 Å². The Bertz CT molecular complexity index is 550. The lowest BCUT2D eigenvalue weighted by molar-refractivity contribution is -0.671. The molecule has 0 spiro atoms. The topological polar surface area (TPSA) is 3.88 Å². The Morgan fingerprint density at radius 1 is 0.889 bits per heavy atom. The second-order valence-corrected chi connectivity index (χ2v) is 4.62. The second-order valence-electron chi connectivity index (χ2n) is 3.80. The molecule has 0 amide bonds. The third-order valence-corrected chi connectivity index (χ3v) is 3.16. The second kappa shape index (κ2) is 7.12. The number of hydrogen-bond acceptors (Lipinski definition) is 0. The molecule has 0 aliphatic carbocycles. The summed E-state index contributed by atoms with van der Waals surface area (Å²) < 4.78 is 2.00. The van der Waals surface area contributed by atoms with Crippen molar-refractivity contribution in [3.8, 4) is 0 Å². The first-order valence-corrected chi connectivity index (χ1v) is 5.99. The van der Waals surface area contributed by atoms with Crippen molar-refractivity contribution in [1.82, 2.24) is 0 Å². The number of halogens is 3. The van der Waals surface area contributed by atoms with Crippen LogP contribution in [-0.4, -0.2) is 0 Å². The average Bonchev–Trinajstić information content (AvgIpc) is 2.33. The summed E-state index contributed by atoms with van der Waals surface area (Å²) in [5.41, 5.74) is 2.18. The highest BCUT2D eigenvalue weighted by Crippen LogP contribution is 2.23. The van der Waals surface area contributed by atoms with Crippen LogP contribution in [0.3, 0.4) is 0 Å². The smallest absolute Gasteiger partial charge is 0.169 e. The van der Waals surface area contributed by atoms with Gasteiger partial charge in [-0.15, -0.1) is 0 Å². The predicted molar refractivity (Wildman–Crippen MR) is 73.0 cm³/mol. The van der Waals surface area contributed by atoms with Gasteiger partial charge in [-0.3, -0.25) is 0 Å². The summed E-state index contributed by atoms with van der Waals surface area (Å²) in [5, 5.41) is 1.16. The summed E-state index contributed by atoms with van der Waals surface area (Å²) in [4.78, 5) is 0. The van der Waals surface area contributed by atoms with Gasteiger partial charge in [0.1, 0.15) is 7.05 Å². The van der Waals surface area contributed by atoms with E-state index < -0.39 is 0 Å². The van der Waals surface area contributed by atoms with Gasteiger partial charge in [0.05, 0.1) is 10.0 Å². The maximum Gasteiger partial charge on any atom is 0.169 e. The van der Waals surface area contributed by atoms with Crippen LogP contribution >= 0.6 is 23.2 Å². The van der Waals surface area contributed by atoms with E-state index in [2.05, 4.69) is 0 Å². The number of aromatic nitrogens is 1. The highest BCUT2D eigenvalue weighted by atomic mass is 127. The van der Waals surface area contributed by atoms with Crippen LogP contribution in [0.1, 0.15) is 11.1 Å². The molecule has 0 atom stereocenters. The quantitative estimate of drug-likeness (QED) is 0.531. The zero-order valence-corrected chi connectivity index (χ0v) is 13.4. The highest BCUT2D eigenvalue weighted by Gasteiger charge is 1.97. The Balaban J connectivity index is 0.00000162. The summed E-state index contributed by atoms with van der Waals surface area (Å²) in [6.07, 6.45) is 8.07. The lowest BCUT2D eigenvalue weighted by atomic mass is 10.1. The summed E-state index contributed by atoms with van der Waals surface area (Å²) in [5.74, 6) is 0. The first kappa shape index (κ1) is 15.5. The van der Waals surface area contributed by atoms with Crippen molar-refractivity contribution in [3.63, 3.8) is 0 Å². The molecule has 0 bridgehead atoms. The molecule has 0 N–H and O–H groups in total. The first-order valence-electron chi connectivity index (χ1n) is 5.23. The van der Waals surface area contributed by atoms with Gasteiger partial charge >= 0.3 is 0 Å². The predicted octanol–water partition coefficient (Wildman–Crippen LogP) is 0.992. The van der Waals surface area contributed by atoms with E-state index in [9.17, 15) is 0 Å². The molecule has 18 heavy (non-hydrogen) atoms. The van der Waals surface area contributed by atoms with Gasteiger partial charge in [-0.05, 0) is 23.3 Å². The van der Waals surface area contributed by atoms with Crippen LogP contribution in [0.15, 0.2) is 42.7 Å². The van der Waals surface area contributed by atoms with Crippen LogP contribution in [0.2, 0.25) is 10.0 Å². The zero-order chi connectivity index (χ0) is 12.3. The van der Waals surface area contributed by atoms with E-state index in [0.717, 1.165) is 11.1 Å². The Labute approximate surface area is 134 Å². The fourth-order valence-corrected chi connectivity index (χ4v) is 1.74. The molecule has 0 saturated carbocycles. The van der Waals surface area contributed by atoms with E-state index >= 15 is 0 Å². The van der Waals surface area contributed by atoms with Crippen molar-refractivity contribution < 1.29 is 28.5 Å². The van der Waals surface area contributed by atoms with Gasteiger partial charge in [-0.25, -0.2) is 4.57 Å². The van der Waals surface area contributed by atoms with Gasteiger partial charge in [-0.1, -0.05) is 41.4 Å². The summed E-state index contributed by atoms with van der Waals surface area (Å²) in [6, 6.07) is 9.69. The molecule has 1 heterocycles. The largest absolute Gasteiger partial charge is 1.00 e. The van der Waals surface area contributed by atoms with E-state index in [-0.39, 0.29) is 24.0 Å². The summed E-state index contributed by atoms with van der Waals surface area (Å²) in [6.45, 7) is 0. The monoisotopic (exact) mass is 391 g/mol. The van der Waals surface area contributed by atoms with Crippen molar-refractivity contribution in [2.24, 2.45) is 7.05 Å². The van der Waals surface area contributed by atoms with Crippen LogP contribution in [0.5, 0.6) is 0 Å². The number of pyridine rings is 1. The number of hydrogen-bond donors (Lipinski definition) is 0. The van der Waals surface area contributed by atoms with E-state index in [1.807, 2.05) is 60.4 Å². The standard InChI is InChI=1S/C14H12Cl2N.HI/c1-17-8-6-11(7-9-17)2-3-12-4-5-13(15)14(16)10-12;/h2-10H,1H3;1H/q+1;/p-1. The molecule has 1 aromatic carbocycles. The molecule has 4 heteroatoms. The maximum absolute atomic E-state index is 5.95. The molecule has 0 fully saturated rings. The van der Waals surface area contributed by atoms with Crippen LogP contribution in [0.4, 0.5) is 0 Å². The van der Waals surface area contributed by atoms with Crippen molar-refractivity contribution >= 4 is 35.4 Å². The molecular weight excluding hydrogens is 380 g/mol. The van der Waals surface area contributed by atoms with Crippen LogP contribution in [0.25, 0.3) is 12.2 Å². The molecule has 2 rings (SSSR count). The Morgan fingerprint density at radius 2 is 1.50 bits per heavy atom. The molecule has 1 nitrogen and oxygen atoms in total. The normalized spacial score (nSPS) is 10.4. The van der Waals surface area contributed by atoms with Gasteiger partial charge in [0.15, 0.2) is 12.4 Å². The molecule has 0 unspecified atom stereocenters. The van der Waals surface area contributed by atoms with E-state index in [4.69, 9.17) is 23.2 Å². The van der Waals surface area contributed by atoms with E-state index in [0.29, 0.717) is 10.0 Å². The Kier molecular flexibility index (Phi) is 6.12. The van der Waals surface area contributed by atoms with Gasteiger partial charge in [0.25, 0.3) is 0 Å². The zero-order valence-electron chi connectivity index (χ0n) is 9.78. The third-order valence-electron chi connectivity index (χ3n) is 2.42. The fraction of sp³-hybridized carbons (Fsp3) is 0.0714. The molecule has 2 aromatic rings. The lowest BCUT2D eigenvalue weighted by Gasteiger charge is -1.97. The number of aryl methyl sites for hydroxylation is 1. The SMILES string of the molecule is C[n+]1ccc(C=Cc2ccc(Cl)c(Cl)c2)cc1.[I-]. The number of rotatable bonds is 2. The van der Waals surface area contributed by atoms with Gasteiger partial charge < -0.3 is 24.0 Å². The van der Waals surface area contributed by atoms with Gasteiger partial charge in [-0.2, -0.15) is 0 Å². The van der Waals surface area contributed by atoms with Gasteiger partial charge in [0, 0.05) is 12.1 Å². The Morgan fingerprint density at radius 3 is 2.11 bits per heavy atom. The summed E-state index contributed by atoms with van der Waals surface area (Å²) >= 11 is 11.8. The number of benzene rings is 1. The molecule has 1 aromatic heterocycles. The fourth-order valence-electron chi connectivity index (χ4n) is 1.43. The molecule has 0 saturated heterocycles.